The van der Waals surface area contributed by atoms with Gasteiger partial charge in [0, 0.05) is 19.3 Å². The number of carbonyl (C=O) groups excluding carboxylic acids is 4. The number of primary amides is 1. The Labute approximate surface area is 243 Å². The number of phenols is 2. The molecule has 228 valence electrons. The van der Waals surface area contributed by atoms with Crippen LogP contribution in [0.15, 0.2) is 48.5 Å². The van der Waals surface area contributed by atoms with Crippen molar-refractivity contribution in [1.82, 2.24) is 16.0 Å². The number of phenolic OH excluding ortho intramolecular Hbond substituents is 2. The van der Waals surface area contributed by atoms with Gasteiger partial charge in [0.15, 0.2) is 0 Å². The number of hydrogen-bond donors (Lipinski definition) is 8. The van der Waals surface area contributed by atoms with Crippen molar-refractivity contribution in [3.63, 3.8) is 0 Å². The van der Waals surface area contributed by atoms with Crippen LogP contribution in [0.5, 0.6) is 11.5 Å². The van der Waals surface area contributed by atoms with Crippen molar-refractivity contribution < 1.29 is 39.3 Å². The Kier molecular flexibility index (Phi) is 12.8. The number of carboxylic acid groups (broad SMARTS) is 1. The van der Waals surface area contributed by atoms with Crippen molar-refractivity contribution in [3.8, 4) is 11.5 Å². The third-order valence-electron chi connectivity index (χ3n) is 6.87. The summed E-state index contributed by atoms with van der Waals surface area (Å²) in [6, 6.07) is 7.01. The maximum atomic E-state index is 13.6. The fourth-order valence-corrected chi connectivity index (χ4v) is 4.02. The van der Waals surface area contributed by atoms with Crippen LogP contribution in [0.4, 0.5) is 0 Å². The molecule has 10 N–H and O–H groups in total. The van der Waals surface area contributed by atoms with Gasteiger partial charge in [-0.05, 0) is 47.7 Å². The SMILES string of the molecule is CCC(C)C(N)C(=O)NC(Cc1ccc(O)cc1)C(=O)NC(Cc1ccc(O)cc1)C(=O)NC(CCC(N)=O)C(=O)O. The van der Waals surface area contributed by atoms with Crippen LogP contribution in [0.3, 0.4) is 0 Å². The summed E-state index contributed by atoms with van der Waals surface area (Å²) in [6.07, 6.45) is -0.0211. The van der Waals surface area contributed by atoms with Crippen molar-refractivity contribution >= 4 is 29.6 Å². The fraction of sp³-hybridized carbons (Fsp3) is 0.414. The van der Waals surface area contributed by atoms with Gasteiger partial charge >= 0.3 is 5.97 Å². The van der Waals surface area contributed by atoms with E-state index in [0.717, 1.165) is 0 Å². The third-order valence-corrected chi connectivity index (χ3v) is 6.87. The van der Waals surface area contributed by atoms with Gasteiger partial charge in [0.05, 0.1) is 6.04 Å². The van der Waals surface area contributed by atoms with E-state index in [1.807, 2.05) is 6.92 Å². The van der Waals surface area contributed by atoms with E-state index in [1.54, 1.807) is 19.1 Å². The lowest BCUT2D eigenvalue weighted by Crippen LogP contribution is -2.58. The summed E-state index contributed by atoms with van der Waals surface area (Å²) in [4.78, 5) is 62.7. The molecule has 0 heterocycles. The van der Waals surface area contributed by atoms with Gasteiger partial charge in [-0.25, -0.2) is 4.79 Å². The maximum absolute atomic E-state index is 13.6. The maximum Gasteiger partial charge on any atom is 0.326 e. The number of amides is 4. The molecule has 5 atom stereocenters. The predicted octanol–water partition coefficient (Wildman–Crippen LogP) is 0.0609. The number of nitrogens with one attached hydrogen (secondary N) is 3. The molecule has 13 nitrogen and oxygen atoms in total. The van der Waals surface area contributed by atoms with Crippen LogP contribution in [0, 0.1) is 5.92 Å². The molecular formula is C29H39N5O8. The Morgan fingerprint density at radius 3 is 1.52 bits per heavy atom. The number of carbonyl (C=O) groups is 5. The second-order valence-corrected chi connectivity index (χ2v) is 10.2. The molecule has 0 aliphatic carbocycles. The van der Waals surface area contributed by atoms with Gasteiger partial charge in [0.25, 0.3) is 0 Å². The highest BCUT2D eigenvalue weighted by molar-refractivity contribution is 5.94. The standard InChI is InChI=1S/C29H39N5O8/c1-3-16(2)25(31)28(40)34-23(15-18-6-10-20(36)11-7-18)27(39)33-22(14-17-4-8-19(35)9-5-17)26(38)32-21(29(41)42)12-13-24(30)37/h4-11,16,21-23,25,35-36H,3,12-15,31H2,1-2H3,(H2,30,37)(H,32,38)(H,33,39)(H,34,40)(H,41,42). The van der Waals surface area contributed by atoms with E-state index < -0.39 is 53.8 Å². The average molecular weight is 586 g/mol. The Balaban J connectivity index is 2.35. The molecule has 0 aromatic heterocycles. The van der Waals surface area contributed by atoms with Gasteiger partial charge in [0.2, 0.25) is 23.6 Å². The van der Waals surface area contributed by atoms with Crippen molar-refractivity contribution in [1.29, 1.82) is 0 Å². The van der Waals surface area contributed by atoms with E-state index in [2.05, 4.69) is 16.0 Å². The van der Waals surface area contributed by atoms with Crippen molar-refractivity contribution in [2.75, 3.05) is 0 Å². The molecule has 2 aromatic rings. The van der Waals surface area contributed by atoms with Crippen LogP contribution in [0.2, 0.25) is 0 Å². The molecule has 2 rings (SSSR count). The highest BCUT2D eigenvalue weighted by Gasteiger charge is 2.31. The summed E-state index contributed by atoms with van der Waals surface area (Å²) in [5, 5.41) is 36.4. The minimum atomic E-state index is -1.45. The zero-order valence-corrected chi connectivity index (χ0v) is 23.6. The minimum absolute atomic E-state index is 0.00497. The summed E-state index contributed by atoms with van der Waals surface area (Å²) >= 11 is 0. The van der Waals surface area contributed by atoms with E-state index >= 15 is 0 Å². The second-order valence-electron chi connectivity index (χ2n) is 10.2. The first-order valence-electron chi connectivity index (χ1n) is 13.5. The van der Waals surface area contributed by atoms with Crippen molar-refractivity contribution in [2.24, 2.45) is 17.4 Å². The van der Waals surface area contributed by atoms with E-state index in [1.165, 1.54) is 36.4 Å². The quantitative estimate of drug-likeness (QED) is 0.133. The number of aromatic hydroxyl groups is 2. The zero-order chi connectivity index (χ0) is 31.4. The molecule has 2 aromatic carbocycles. The van der Waals surface area contributed by atoms with Crippen LogP contribution < -0.4 is 27.4 Å². The molecule has 0 saturated carbocycles. The third kappa shape index (κ3) is 10.7. The molecule has 0 radical (unpaired) electrons. The first-order valence-corrected chi connectivity index (χ1v) is 13.5. The number of nitrogens with two attached hydrogens (primary N) is 2. The largest absolute Gasteiger partial charge is 0.508 e. The van der Waals surface area contributed by atoms with E-state index in [4.69, 9.17) is 11.5 Å². The van der Waals surface area contributed by atoms with Gasteiger partial charge in [-0.3, -0.25) is 19.2 Å². The van der Waals surface area contributed by atoms with Crippen LogP contribution >= 0.6 is 0 Å². The number of rotatable bonds is 16. The van der Waals surface area contributed by atoms with Crippen LogP contribution in [0.25, 0.3) is 0 Å². The summed E-state index contributed by atoms with van der Waals surface area (Å²) in [7, 11) is 0. The molecule has 0 fully saturated rings. The number of carboxylic acids is 1. The number of benzene rings is 2. The normalized spacial score (nSPS) is 14.5. The summed E-state index contributed by atoms with van der Waals surface area (Å²) < 4.78 is 0. The summed E-state index contributed by atoms with van der Waals surface area (Å²) in [5.41, 5.74) is 12.3. The molecule has 13 heteroatoms. The molecule has 0 aliphatic rings. The van der Waals surface area contributed by atoms with Gasteiger partial charge in [-0.1, -0.05) is 44.5 Å². The van der Waals surface area contributed by atoms with Crippen molar-refractivity contribution in [3.05, 3.63) is 59.7 Å². The highest BCUT2D eigenvalue weighted by Crippen LogP contribution is 2.14. The Morgan fingerprint density at radius 2 is 1.14 bits per heavy atom. The fourth-order valence-electron chi connectivity index (χ4n) is 4.02. The molecule has 5 unspecified atom stereocenters. The number of aliphatic carboxylic acids is 1. The van der Waals surface area contributed by atoms with Gasteiger partial charge in [-0.2, -0.15) is 0 Å². The van der Waals surface area contributed by atoms with Gasteiger partial charge in [0.1, 0.15) is 29.6 Å². The van der Waals surface area contributed by atoms with Crippen LogP contribution in [0.1, 0.15) is 44.2 Å². The van der Waals surface area contributed by atoms with Crippen LogP contribution in [-0.4, -0.2) is 69.1 Å². The molecule has 0 bridgehead atoms. The lowest BCUT2D eigenvalue weighted by molar-refractivity contribution is -0.142. The molecule has 0 aliphatic heterocycles. The monoisotopic (exact) mass is 585 g/mol. The summed E-state index contributed by atoms with van der Waals surface area (Å²) in [6.45, 7) is 3.67. The first kappa shape index (κ1) is 33.6. The molecule has 42 heavy (non-hydrogen) atoms. The Morgan fingerprint density at radius 1 is 0.738 bits per heavy atom. The Hall–Kier alpha value is -4.65. The first-order chi connectivity index (χ1) is 19.8. The molecular weight excluding hydrogens is 546 g/mol. The molecule has 0 spiro atoms. The van der Waals surface area contributed by atoms with E-state index in [9.17, 15) is 39.3 Å². The average Bonchev–Trinajstić information content (AvgIpc) is 2.95. The van der Waals surface area contributed by atoms with Crippen LogP contribution in [-0.2, 0) is 36.8 Å². The highest BCUT2D eigenvalue weighted by atomic mass is 16.4. The van der Waals surface area contributed by atoms with E-state index in [-0.39, 0.29) is 43.1 Å². The lowest BCUT2D eigenvalue weighted by Gasteiger charge is -2.26. The second kappa shape index (κ2) is 16.0. The Bertz CT molecular complexity index is 1240. The van der Waals surface area contributed by atoms with Gasteiger partial charge < -0.3 is 42.7 Å². The van der Waals surface area contributed by atoms with E-state index in [0.29, 0.717) is 17.5 Å². The minimum Gasteiger partial charge on any atom is -0.508 e. The zero-order valence-electron chi connectivity index (χ0n) is 23.6. The van der Waals surface area contributed by atoms with Gasteiger partial charge in [-0.15, -0.1) is 0 Å². The smallest absolute Gasteiger partial charge is 0.326 e. The summed E-state index contributed by atoms with van der Waals surface area (Å²) in [5.74, 6) is -4.48. The predicted molar refractivity (Wildman–Crippen MR) is 153 cm³/mol. The molecule has 0 saturated heterocycles. The van der Waals surface area contributed by atoms with Crippen molar-refractivity contribution in [2.45, 2.75) is 70.1 Å². The topological polar surface area (TPSA) is 234 Å². The molecule has 4 amide bonds. The lowest BCUT2D eigenvalue weighted by atomic mass is 9.98. The number of hydrogen-bond acceptors (Lipinski definition) is 8.